The maximum Gasteiger partial charge on any atom is 0.407 e. The number of rotatable bonds is 4. The number of nitrogens with one attached hydrogen (secondary N) is 1. The molecule has 1 saturated heterocycles. The fourth-order valence-corrected chi connectivity index (χ4v) is 3.27. The Bertz CT molecular complexity index is 803. The van der Waals surface area contributed by atoms with Gasteiger partial charge in [-0.1, -0.05) is 6.07 Å². The Morgan fingerprint density at radius 1 is 1.22 bits per heavy atom. The zero-order chi connectivity index (χ0) is 19.4. The van der Waals surface area contributed by atoms with Crippen LogP contribution in [-0.2, 0) is 9.53 Å². The molecule has 1 aliphatic heterocycles. The quantitative estimate of drug-likeness (QED) is 0.889. The van der Waals surface area contributed by atoms with E-state index in [9.17, 15) is 9.59 Å². The van der Waals surface area contributed by atoms with Crippen molar-refractivity contribution in [3.63, 3.8) is 0 Å². The van der Waals surface area contributed by atoms with Gasteiger partial charge in [-0.2, -0.15) is 0 Å². The van der Waals surface area contributed by atoms with Crippen LogP contribution in [-0.4, -0.2) is 56.7 Å². The summed E-state index contributed by atoms with van der Waals surface area (Å²) in [4.78, 5) is 25.9. The topological polar surface area (TPSA) is 88.8 Å². The van der Waals surface area contributed by atoms with Gasteiger partial charge in [-0.3, -0.25) is 9.20 Å². The minimum atomic E-state index is -0.540. The average Bonchev–Trinajstić information content (AvgIpc) is 3.04. The molecule has 146 valence electrons. The summed E-state index contributed by atoms with van der Waals surface area (Å²) in [6, 6.07) is 5.85. The van der Waals surface area contributed by atoms with Crippen molar-refractivity contribution in [2.75, 3.05) is 19.6 Å². The fourth-order valence-electron chi connectivity index (χ4n) is 3.27. The van der Waals surface area contributed by atoms with Crippen LogP contribution in [0.4, 0.5) is 4.79 Å². The van der Waals surface area contributed by atoms with Gasteiger partial charge >= 0.3 is 6.09 Å². The Morgan fingerprint density at radius 3 is 2.67 bits per heavy atom. The summed E-state index contributed by atoms with van der Waals surface area (Å²) in [6.45, 7) is 7.08. The van der Waals surface area contributed by atoms with Crippen molar-refractivity contribution in [3.05, 3.63) is 30.2 Å². The molecule has 1 aliphatic rings. The molecular formula is C19H27N5O3. The highest BCUT2D eigenvalue weighted by Gasteiger charge is 2.26. The van der Waals surface area contributed by atoms with E-state index in [0.717, 1.165) is 24.3 Å². The van der Waals surface area contributed by atoms with Gasteiger partial charge in [0.05, 0.1) is 0 Å². The molecule has 3 rings (SSSR count). The fraction of sp³-hybridized carbons (Fsp3) is 0.579. The van der Waals surface area contributed by atoms with Crippen LogP contribution in [0.1, 0.15) is 51.8 Å². The van der Waals surface area contributed by atoms with Crippen LogP contribution in [0.25, 0.3) is 5.65 Å². The SMILES string of the molecule is CC(C)(C)OC(=O)NCCC(=O)N1CCC(c2nnc3ccccn23)CC1. The lowest BCUT2D eigenvalue weighted by Crippen LogP contribution is -2.40. The lowest BCUT2D eigenvalue weighted by atomic mass is 9.96. The van der Waals surface area contributed by atoms with Crippen LogP contribution < -0.4 is 5.32 Å². The van der Waals surface area contributed by atoms with E-state index in [4.69, 9.17) is 4.74 Å². The summed E-state index contributed by atoms with van der Waals surface area (Å²) in [6.07, 6.45) is 3.48. The first-order chi connectivity index (χ1) is 12.8. The molecule has 1 fully saturated rings. The van der Waals surface area contributed by atoms with Crippen LogP contribution in [0.15, 0.2) is 24.4 Å². The molecule has 0 aromatic carbocycles. The standard InChI is InChI=1S/C19H27N5O3/c1-19(2,3)27-18(26)20-10-7-16(25)23-12-8-14(9-13-23)17-22-21-15-6-4-5-11-24(15)17/h4-6,11,14H,7-10,12-13H2,1-3H3,(H,20,26). The van der Waals surface area contributed by atoms with E-state index in [0.29, 0.717) is 19.0 Å². The number of ether oxygens (including phenoxy) is 1. The molecule has 8 nitrogen and oxygen atoms in total. The maximum atomic E-state index is 12.4. The molecule has 0 unspecified atom stereocenters. The molecule has 0 aliphatic carbocycles. The van der Waals surface area contributed by atoms with Gasteiger partial charge < -0.3 is 15.0 Å². The number of pyridine rings is 1. The molecule has 0 atom stereocenters. The molecule has 0 bridgehead atoms. The number of alkyl carbamates (subject to hydrolysis) is 1. The van der Waals surface area contributed by atoms with Crippen molar-refractivity contribution in [2.24, 2.45) is 0 Å². The summed E-state index contributed by atoms with van der Waals surface area (Å²) in [5, 5.41) is 11.2. The van der Waals surface area contributed by atoms with Crippen molar-refractivity contribution in [1.82, 2.24) is 24.8 Å². The molecule has 8 heteroatoms. The third-order valence-electron chi connectivity index (χ3n) is 4.56. The van der Waals surface area contributed by atoms with E-state index in [1.807, 2.05) is 33.7 Å². The van der Waals surface area contributed by atoms with Crippen molar-refractivity contribution < 1.29 is 14.3 Å². The molecule has 2 aromatic rings. The third-order valence-corrected chi connectivity index (χ3v) is 4.56. The van der Waals surface area contributed by atoms with E-state index in [2.05, 4.69) is 15.5 Å². The highest BCUT2D eigenvalue weighted by atomic mass is 16.6. The summed E-state index contributed by atoms with van der Waals surface area (Å²) in [5.41, 5.74) is 0.307. The highest BCUT2D eigenvalue weighted by Crippen LogP contribution is 2.27. The predicted molar refractivity (Wildman–Crippen MR) is 100 cm³/mol. The molecule has 27 heavy (non-hydrogen) atoms. The van der Waals surface area contributed by atoms with Crippen LogP contribution >= 0.6 is 0 Å². The third kappa shape index (κ3) is 4.96. The summed E-state index contributed by atoms with van der Waals surface area (Å²) < 4.78 is 7.19. The van der Waals surface area contributed by atoms with Crippen LogP contribution in [0.3, 0.4) is 0 Å². The second kappa shape index (κ2) is 7.94. The van der Waals surface area contributed by atoms with Gasteiger partial charge in [0.15, 0.2) is 5.65 Å². The number of amides is 2. The Kier molecular flexibility index (Phi) is 5.62. The number of fused-ring (bicyclic) bond motifs is 1. The second-order valence-electron chi connectivity index (χ2n) is 7.82. The van der Waals surface area contributed by atoms with Gasteiger partial charge in [0.25, 0.3) is 0 Å². The first-order valence-electron chi connectivity index (χ1n) is 9.38. The zero-order valence-electron chi connectivity index (χ0n) is 16.1. The van der Waals surface area contributed by atoms with Gasteiger partial charge in [0, 0.05) is 38.2 Å². The van der Waals surface area contributed by atoms with Crippen molar-refractivity contribution in [1.29, 1.82) is 0 Å². The highest BCUT2D eigenvalue weighted by molar-refractivity contribution is 5.77. The molecular weight excluding hydrogens is 346 g/mol. The zero-order valence-corrected chi connectivity index (χ0v) is 16.1. The van der Waals surface area contributed by atoms with E-state index >= 15 is 0 Å². The van der Waals surface area contributed by atoms with Crippen LogP contribution in [0, 0.1) is 0 Å². The maximum absolute atomic E-state index is 12.4. The summed E-state index contributed by atoms with van der Waals surface area (Å²) >= 11 is 0. The molecule has 0 spiro atoms. The van der Waals surface area contributed by atoms with E-state index in [1.54, 1.807) is 20.8 Å². The number of nitrogens with zero attached hydrogens (tertiary/aromatic N) is 4. The van der Waals surface area contributed by atoms with E-state index in [-0.39, 0.29) is 18.9 Å². The molecule has 0 radical (unpaired) electrons. The number of aromatic nitrogens is 3. The largest absolute Gasteiger partial charge is 0.444 e. The van der Waals surface area contributed by atoms with Crippen LogP contribution in [0.5, 0.6) is 0 Å². The van der Waals surface area contributed by atoms with Gasteiger partial charge in [-0.15, -0.1) is 10.2 Å². The van der Waals surface area contributed by atoms with Crippen LogP contribution in [0.2, 0.25) is 0 Å². The molecule has 1 N–H and O–H groups in total. The van der Waals surface area contributed by atoms with E-state index < -0.39 is 11.7 Å². The summed E-state index contributed by atoms with van der Waals surface area (Å²) in [7, 11) is 0. The van der Waals surface area contributed by atoms with Crippen molar-refractivity contribution >= 4 is 17.6 Å². The number of likely N-dealkylation sites (tertiary alicyclic amines) is 1. The van der Waals surface area contributed by atoms with Gasteiger partial charge in [-0.05, 0) is 45.7 Å². The van der Waals surface area contributed by atoms with Gasteiger partial charge in [0.1, 0.15) is 11.4 Å². The number of piperidine rings is 1. The molecule has 2 amide bonds. The summed E-state index contributed by atoms with van der Waals surface area (Å²) in [5.74, 6) is 1.31. The molecule has 2 aromatic heterocycles. The lowest BCUT2D eigenvalue weighted by Gasteiger charge is -2.31. The minimum Gasteiger partial charge on any atom is -0.444 e. The van der Waals surface area contributed by atoms with Gasteiger partial charge in [-0.25, -0.2) is 4.79 Å². The smallest absolute Gasteiger partial charge is 0.407 e. The van der Waals surface area contributed by atoms with E-state index in [1.165, 1.54) is 0 Å². The predicted octanol–water partition coefficient (Wildman–Crippen LogP) is 2.35. The Balaban J connectivity index is 1.45. The second-order valence-corrected chi connectivity index (χ2v) is 7.82. The average molecular weight is 373 g/mol. The molecule has 3 heterocycles. The molecule has 0 saturated carbocycles. The Morgan fingerprint density at radius 2 is 1.96 bits per heavy atom. The van der Waals surface area contributed by atoms with Crippen molar-refractivity contribution in [3.8, 4) is 0 Å². The Hall–Kier alpha value is -2.64. The van der Waals surface area contributed by atoms with Crippen molar-refractivity contribution in [2.45, 2.75) is 51.6 Å². The van der Waals surface area contributed by atoms with Gasteiger partial charge in [0.2, 0.25) is 5.91 Å². The number of hydrogen-bond donors (Lipinski definition) is 1. The number of carbonyl (C=O) groups is 2. The first kappa shape index (κ1) is 19.1. The normalized spacial score (nSPS) is 15.7. The lowest BCUT2D eigenvalue weighted by molar-refractivity contribution is -0.132. The number of hydrogen-bond acceptors (Lipinski definition) is 5. The first-order valence-corrected chi connectivity index (χ1v) is 9.38. The monoisotopic (exact) mass is 373 g/mol. The number of carbonyl (C=O) groups excluding carboxylic acids is 2. The minimum absolute atomic E-state index is 0.0515. The Labute approximate surface area is 158 Å².